The Balaban J connectivity index is 0. The molecule has 5 N–H and O–H groups in total. The average molecular weight is 296 g/mol. The van der Waals surface area contributed by atoms with Crippen LogP contribution in [0.15, 0.2) is 29.0 Å². The molecular formula is C16H32N4O. The minimum atomic E-state index is -0.568. The molecule has 0 aliphatic carbocycles. The van der Waals surface area contributed by atoms with Crippen LogP contribution in [0.4, 0.5) is 0 Å². The van der Waals surface area contributed by atoms with Crippen LogP contribution in [0, 0.1) is 5.92 Å². The zero-order chi connectivity index (χ0) is 17.0. The van der Waals surface area contributed by atoms with Crippen molar-refractivity contribution in [2.75, 3.05) is 0 Å². The van der Waals surface area contributed by atoms with Crippen LogP contribution >= 0.6 is 0 Å². The molecule has 5 heteroatoms. The van der Waals surface area contributed by atoms with E-state index < -0.39 is 5.91 Å². The Morgan fingerprint density at radius 1 is 1.24 bits per heavy atom. The zero-order valence-electron chi connectivity index (χ0n) is 14.4. The highest BCUT2D eigenvalue weighted by Gasteiger charge is 2.11. The van der Waals surface area contributed by atoms with E-state index in [0.717, 1.165) is 12.8 Å². The van der Waals surface area contributed by atoms with Crippen molar-refractivity contribution in [3.63, 3.8) is 0 Å². The second-order valence-corrected chi connectivity index (χ2v) is 4.70. The third kappa shape index (κ3) is 8.89. The van der Waals surface area contributed by atoms with Crippen molar-refractivity contribution in [1.82, 2.24) is 5.32 Å². The molecule has 0 rings (SSSR count). The molecular weight excluding hydrogens is 264 g/mol. The summed E-state index contributed by atoms with van der Waals surface area (Å²) in [7, 11) is 0. The number of carbonyl (C=O) groups excluding carboxylic acids is 1. The van der Waals surface area contributed by atoms with Gasteiger partial charge in [0.25, 0.3) is 5.91 Å². The summed E-state index contributed by atoms with van der Waals surface area (Å²) in [4.78, 5) is 15.5. The largest absolute Gasteiger partial charge is 0.387 e. The summed E-state index contributed by atoms with van der Waals surface area (Å²) in [6.45, 7) is 15.9. The summed E-state index contributed by atoms with van der Waals surface area (Å²) in [6.07, 6.45) is 3.20. The molecule has 0 heterocycles. The van der Waals surface area contributed by atoms with Crippen LogP contribution in [0.3, 0.4) is 0 Å². The number of primary amides is 1. The van der Waals surface area contributed by atoms with Crippen LogP contribution < -0.4 is 16.8 Å². The van der Waals surface area contributed by atoms with E-state index in [2.05, 4.69) is 16.9 Å². The fraction of sp³-hybridized carbons (Fsp3) is 0.625. The fourth-order valence-electron chi connectivity index (χ4n) is 1.24. The minimum absolute atomic E-state index is 0.168. The Hall–Kier alpha value is -1.78. The van der Waals surface area contributed by atoms with Gasteiger partial charge in [0.15, 0.2) is 0 Å². The third-order valence-corrected chi connectivity index (χ3v) is 3.08. The number of rotatable bonds is 8. The average Bonchev–Trinajstić information content (AvgIpc) is 2.47. The molecule has 0 saturated carbocycles. The number of hydrogen-bond acceptors (Lipinski definition) is 3. The van der Waals surface area contributed by atoms with Gasteiger partial charge >= 0.3 is 0 Å². The van der Waals surface area contributed by atoms with Crippen molar-refractivity contribution < 1.29 is 4.79 Å². The second-order valence-electron chi connectivity index (χ2n) is 4.70. The first-order chi connectivity index (χ1) is 9.83. The number of nitrogens with two attached hydrogens (primary N) is 2. The number of nitrogens with zero attached hydrogens (tertiary/aromatic N) is 1. The molecule has 0 aromatic rings. The summed E-state index contributed by atoms with van der Waals surface area (Å²) in [5.41, 5.74) is 11.9. The molecule has 1 amide bonds. The maximum absolute atomic E-state index is 11.4. The van der Waals surface area contributed by atoms with Gasteiger partial charge in [-0.3, -0.25) is 4.79 Å². The highest BCUT2D eigenvalue weighted by molar-refractivity contribution is 5.96. The number of hydrogen-bond donors (Lipinski definition) is 3. The number of amidine groups is 1. The predicted octanol–water partition coefficient (Wildman–Crippen LogP) is 2.69. The Bertz CT molecular complexity index is 386. The minimum Gasteiger partial charge on any atom is -0.387 e. The van der Waals surface area contributed by atoms with E-state index in [1.165, 1.54) is 6.20 Å². The number of aliphatic imine (C=N–C) groups is 1. The van der Waals surface area contributed by atoms with Crippen molar-refractivity contribution >= 4 is 11.7 Å². The molecule has 0 bridgehead atoms. The van der Waals surface area contributed by atoms with Crippen molar-refractivity contribution in [3.8, 4) is 0 Å². The van der Waals surface area contributed by atoms with E-state index in [4.69, 9.17) is 11.5 Å². The molecule has 0 aromatic heterocycles. The van der Waals surface area contributed by atoms with E-state index in [1.807, 2.05) is 41.5 Å². The molecule has 21 heavy (non-hydrogen) atoms. The van der Waals surface area contributed by atoms with Crippen LogP contribution in [0.25, 0.3) is 0 Å². The SMILES string of the molecule is C=C(NC(C)CC)/C(=C\N=C(N)C(C)CC)C(N)=O.CC. The molecule has 5 nitrogen and oxygen atoms in total. The molecule has 0 aliphatic heterocycles. The summed E-state index contributed by atoms with van der Waals surface area (Å²) < 4.78 is 0. The third-order valence-electron chi connectivity index (χ3n) is 3.08. The van der Waals surface area contributed by atoms with E-state index in [9.17, 15) is 4.79 Å². The van der Waals surface area contributed by atoms with Crippen LogP contribution in [-0.2, 0) is 4.79 Å². The Morgan fingerprint density at radius 2 is 1.76 bits per heavy atom. The van der Waals surface area contributed by atoms with Gasteiger partial charge in [-0.15, -0.1) is 0 Å². The second kappa shape index (κ2) is 12.0. The van der Waals surface area contributed by atoms with Gasteiger partial charge in [-0.2, -0.15) is 0 Å². The molecule has 2 atom stereocenters. The topological polar surface area (TPSA) is 93.5 Å². The highest BCUT2D eigenvalue weighted by Crippen LogP contribution is 2.08. The van der Waals surface area contributed by atoms with E-state index in [1.54, 1.807) is 0 Å². The quantitative estimate of drug-likeness (QED) is 0.278. The molecule has 122 valence electrons. The first-order valence-corrected chi connectivity index (χ1v) is 7.62. The van der Waals surface area contributed by atoms with E-state index in [-0.39, 0.29) is 17.5 Å². The van der Waals surface area contributed by atoms with Gasteiger partial charge < -0.3 is 16.8 Å². The lowest BCUT2D eigenvalue weighted by atomic mass is 10.1. The van der Waals surface area contributed by atoms with Gasteiger partial charge in [0.1, 0.15) is 5.84 Å². The number of carbonyl (C=O) groups is 1. The van der Waals surface area contributed by atoms with Gasteiger partial charge in [-0.05, 0) is 19.8 Å². The number of nitrogens with one attached hydrogen (secondary N) is 1. The lowest BCUT2D eigenvalue weighted by molar-refractivity contribution is -0.114. The highest BCUT2D eigenvalue weighted by atomic mass is 16.1. The first-order valence-electron chi connectivity index (χ1n) is 7.62. The molecule has 0 spiro atoms. The van der Waals surface area contributed by atoms with Crippen molar-refractivity contribution in [1.29, 1.82) is 0 Å². The molecule has 0 aliphatic rings. The molecule has 0 aromatic carbocycles. The lowest BCUT2D eigenvalue weighted by Gasteiger charge is -2.16. The fourth-order valence-corrected chi connectivity index (χ4v) is 1.24. The van der Waals surface area contributed by atoms with Crippen LogP contribution in [0.2, 0.25) is 0 Å². The smallest absolute Gasteiger partial charge is 0.252 e. The van der Waals surface area contributed by atoms with Gasteiger partial charge in [0, 0.05) is 23.9 Å². The molecule has 0 radical (unpaired) electrons. The van der Waals surface area contributed by atoms with Crippen LogP contribution in [0.1, 0.15) is 54.4 Å². The van der Waals surface area contributed by atoms with Crippen molar-refractivity contribution in [2.45, 2.75) is 60.4 Å². The number of amides is 1. The standard InChI is InChI=1S/C14H26N4O.C2H6/c1-6-9(3)13(15)17-8-12(14(16)19)11(5)18-10(4)7-2;1-2/h8-10,18H,5-7H2,1-4H3,(H2,15,17)(H2,16,19);1-2H3/b12-8+;. The normalized spacial score (nSPS) is 14.6. The van der Waals surface area contributed by atoms with E-state index >= 15 is 0 Å². The Labute approximate surface area is 129 Å². The molecule has 2 unspecified atom stereocenters. The maximum Gasteiger partial charge on any atom is 0.252 e. The summed E-state index contributed by atoms with van der Waals surface area (Å²) >= 11 is 0. The molecule has 0 saturated heterocycles. The van der Waals surface area contributed by atoms with Crippen molar-refractivity contribution in [2.24, 2.45) is 22.4 Å². The predicted molar refractivity (Wildman–Crippen MR) is 91.7 cm³/mol. The van der Waals surface area contributed by atoms with Crippen LogP contribution in [0.5, 0.6) is 0 Å². The summed E-state index contributed by atoms with van der Waals surface area (Å²) in [5, 5.41) is 3.10. The summed E-state index contributed by atoms with van der Waals surface area (Å²) in [6, 6.07) is 0.214. The van der Waals surface area contributed by atoms with Gasteiger partial charge in [-0.25, -0.2) is 4.99 Å². The first kappa shape index (κ1) is 21.5. The van der Waals surface area contributed by atoms with Gasteiger partial charge in [0.2, 0.25) is 0 Å². The monoisotopic (exact) mass is 296 g/mol. The van der Waals surface area contributed by atoms with Crippen molar-refractivity contribution in [3.05, 3.63) is 24.0 Å². The lowest BCUT2D eigenvalue weighted by Crippen LogP contribution is -2.29. The van der Waals surface area contributed by atoms with Gasteiger partial charge in [0.05, 0.1) is 5.57 Å². The summed E-state index contributed by atoms with van der Waals surface area (Å²) in [5.74, 6) is 0.0836. The van der Waals surface area contributed by atoms with E-state index in [0.29, 0.717) is 11.5 Å². The van der Waals surface area contributed by atoms with Gasteiger partial charge in [-0.1, -0.05) is 41.2 Å². The Morgan fingerprint density at radius 3 is 2.14 bits per heavy atom. The maximum atomic E-state index is 11.4. The van der Waals surface area contributed by atoms with Crippen LogP contribution in [-0.4, -0.2) is 17.8 Å². The Kier molecular flexibility index (Phi) is 12.3. The molecule has 0 fully saturated rings. The zero-order valence-corrected chi connectivity index (χ0v) is 14.4.